The Bertz CT molecular complexity index is 1050. The molecule has 4 bridgehead atoms. The summed E-state index contributed by atoms with van der Waals surface area (Å²) in [5.74, 6) is 0.0230. The number of hydrogen-bond acceptors (Lipinski definition) is 10. The van der Waals surface area contributed by atoms with Gasteiger partial charge in [0.15, 0.2) is 0 Å². The van der Waals surface area contributed by atoms with Gasteiger partial charge in [-0.05, 0) is 25.3 Å². The number of carbonyl (C=O) groups excluding carboxylic acids is 3. The molecule has 0 aromatic carbocycles. The number of cyclic esters (lactones) is 1. The number of allylic oxidation sites excluding steroid dienone is 1. The summed E-state index contributed by atoms with van der Waals surface area (Å²) >= 11 is 2.90. The first kappa shape index (κ1) is 30.0. The molecule has 0 spiro atoms. The Kier molecular flexibility index (Phi) is 10.6. The van der Waals surface area contributed by atoms with Gasteiger partial charge in [-0.25, -0.2) is 9.78 Å². The summed E-state index contributed by atoms with van der Waals surface area (Å²) in [6, 6.07) is -0.856. The minimum absolute atomic E-state index is 0.0105. The number of hydrogen-bond donors (Lipinski definition) is 2. The van der Waals surface area contributed by atoms with Crippen molar-refractivity contribution < 1.29 is 19.1 Å². The Morgan fingerprint density at radius 1 is 1.30 bits per heavy atom. The van der Waals surface area contributed by atoms with Crippen molar-refractivity contribution in [1.82, 2.24) is 15.6 Å². The molecule has 2 amide bonds. The monoisotopic (exact) mass is 584 g/mol. The number of nitrogens with zero attached hydrogens (tertiary/aromatic N) is 2. The second kappa shape index (κ2) is 13.0. The highest BCUT2D eigenvalue weighted by Crippen LogP contribution is 2.35. The topological polar surface area (TPSA) is 110 Å². The first-order valence-electron chi connectivity index (χ1n) is 12.3. The number of nitrogens with one attached hydrogen (secondary N) is 2. The number of thioether (sulfide) groups is 1. The molecule has 2 aliphatic rings. The van der Waals surface area contributed by atoms with Crippen LogP contribution in [0.2, 0.25) is 0 Å². The first-order valence-corrected chi connectivity index (χ1v) is 16.5. The van der Waals surface area contributed by atoms with Crippen molar-refractivity contribution in [2.24, 2.45) is 10.9 Å². The van der Waals surface area contributed by atoms with Crippen molar-refractivity contribution in [3.8, 4) is 0 Å². The van der Waals surface area contributed by atoms with Gasteiger partial charge in [0, 0.05) is 21.6 Å². The van der Waals surface area contributed by atoms with Gasteiger partial charge in [-0.2, -0.15) is 0 Å². The van der Waals surface area contributed by atoms with Gasteiger partial charge >= 0.3 is 5.97 Å². The van der Waals surface area contributed by atoms with Gasteiger partial charge in [0.25, 0.3) is 0 Å². The van der Waals surface area contributed by atoms with Gasteiger partial charge in [0.05, 0.1) is 13.0 Å². The number of thiazole rings is 1. The van der Waals surface area contributed by atoms with E-state index in [4.69, 9.17) is 4.74 Å². The van der Waals surface area contributed by atoms with Crippen LogP contribution in [0.5, 0.6) is 0 Å². The van der Waals surface area contributed by atoms with E-state index < -0.39 is 23.7 Å². The van der Waals surface area contributed by atoms with Crippen molar-refractivity contribution in [1.29, 1.82) is 0 Å². The highest BCUT2D eigenvalue weighted by Gasteiger charge is 2.41. The van der Waals surface area contributed by atoms with E-state index in [0.717, 1.165) is 17.2 Å². The normalized spacial score (nSPS) is 25.7. The minimum atomic E-state index is -1.01. The molecule has 3 atom stereocenters. The van der Waals surface area contributed by atoms with Crippen LogP contribution >= 0.6 is 44.7 Å². The molecule has 2 N–H and O–H groups in total. The number of ether oxygens (including phenoxy) is 1. The van der Waals surface area contributed by atoms with E-state index in [0.29, 0.717) is 16.5 Å². The largest absolute Gasteiger partial charge is 0.456 e. The van der Waals surface area contributed by atoms with Gasteiger partial charge < -0.3 is 15.4 Å². The smallest absolute Gasteiger partial charge is 0.329 e. The lowest BCUT2D eigenvalue weighted by molar-refractivity contribution is -0.153. The van der Waals surface area contributed by atoms with Crippen LogP contribution in [-0.2, 0) is 25.7 Å². The van der Waals surface area contributed by atoms with E-state index in [-0.39, 0.29) is 35.4 Å². The molecule has 1 aromatic heterocycles. The zero-order valence-electron chi connectivity index (χ0n) is 22.2. The predicted molar refractivity (Wildman–Crippen MR) is 156 cm³/mol. The standard InChI is InChI=1S/C25H36N4O4S4/c1-15(2)20-22(31)33-16(9-7-8-10-36-37-24(3,4)5)11-18(30)26-12-19-27-17(13-34-19)21-29-25(6,14-35-21)23(32)28-20/h7,9,13,15-16,20H,8,10-12,14H2,1-6H3,(H,26,30)(H,28,32)/b9-7+/t16?,20-,25-/m0/s1. The second-order valence-electron chi connectivity index (χ2n) is 10.5. The number of fused-ring (bicyclic) bond motifs is 4. The summed E-state index contributed by atoms with van der Waals surface area (Å²) in [5, 5.41) is 9.07. The maximum absolute atomic E-state index is 13.2. The van der Waals surface area contributed by atoms with Crippen LogP contribution in [-0.4, -0.2) is 61.7 Å². The molecule has 37 heavy (non-hydrogen) atoms. The molecule has 0 saturated carbocycles. The third-order valence-electron chi connectivity index (χ3n) is 5.42. The van der Waals surface area contributed by atoms with E-state index in [1.165, 1.54) is 23.1 Å². The SMILES string of the molecule is CC(C)[C@@H]1NC(=O)[C@]2(C)CSC(=N2)c2csc(n2)CNC(=O)CC(/C=C/CCSSC(C)(C)C)OC1=O. The number of amides is 2. The minimum Gasteiger partial charge on any atom is -0.456 e. The summed E-state index contributed by atoms with van der Waals surface area (Å²) in [7, 11) is 3.61. The maximum atomic E-state index is 13.2. The molecular weight excluding hydrogens is 549 g/mol. The third-order valence-corrected chi connectivity index (χ3v) is 10.9. The molecule has 8 nitrogen and oxygen atoms in total. The van der Waals surface area contributed by atoms with Crippen LogP contribution in [0.3, 0.4) is 0 Å². The second-order valence-corrected chi connectivity index (χ2v) is 15.6. The number of aliphatic imine (C=N–C) groups is 1. The fraction of sp³-hybridized carbons (Fsp3) is 0.640. The Morgan fingerprint density at radius 3 is 2.76 bits per heavy atom. The molecule has 204 valence electrons. The van der Waals surface area contributed by atoms with E-state index in [2.05, 4.69) is 41.4 Å². The quantitative estimate of drug-likeness (QED) is 0.216. The van der Waals surface area contributed by atoms with E-state index in [9.17, 15) is 14.4 Å². The molecule has 2 aliphatic heterocycles. The highest BCUT2D eigenvalue weighted by atomic mass is 33.1. The first-order chi connectivity index (χ1) is 17.4. The number of rotatable bonds is 6. The van der Waals surface area contributed by atoms with Gasteiger partial charge in [-0.3, -0.25) is 14.6 Å². The molecular formula is C25H36N4O4S4. The van der Waals surface area contributed by atoms with Crippen LogP contribution in [0.1, 0.15) is 65.1 Å². The zero-order valence-corrected chi connectivity index (χ0v) is 25.4. The molecule has 3 rings (SSSR count). The molecule has 0 saturated heterocycles. The molecule has 3 heterocycles. The van der Waals surface area contributed by atoms with E-state index in [1.54, 1.807) is 23.8 Å². The lowest BCUT2D eigenvalue weighted by Crippen LogP contribution is -2.53. The molecule has 1 unspecified atom stereocenters. The van der Waals surface area contributed by atoms with Crippen molar-refractivity contribution in [2.75, 3.05) is 11.5 Å². The van der Waals surface area contributed by atoms with Crippen LogP contribution in [0.25, 0.3) is 0 Å². The fourth-order valence-corrected chi connectivity index (χ4v) is 7.61. The number of aromatic nitrogens is 1. The lowest BCUT2D eigenvalue weighted by Gasteiger charge is -2.27. The summed E-state index contributed by atoms with van der Waals surface area (Å²) < 4.78 is 5.96. The molecule has 1 aromatic rings. The Balaban J connectivity index is 1.78. The van der Waals surface area contributed by atoms with Crippen molar-refractivity contribution in [3.05, 3.63) is 28.2 Å². The molecule has 0 fully saturated rings. The zero-order chi connectivity index (χ0) is 27.2. The Labute approximate surface area is 235 Å². The maximum Gasteiger partial charge on any atom is 0.329 e. The van der Waals surface area contributed by atoms with Gasteiger partial charge in [0.1, 0.15) is 33.4 Å². The van der Waals surface area contributed by atoms with Crippen LogP contribution in [0.4, 0.5) is 0 Å². The summed E-state index contributed by atoms with van der Waals surface area (Å²) in [4.78, 5) is 48.4. The van der Waals surface area contributed by atoms with Crippen molar-refractivity contribution >= 4 is 67.5 Å². The van der Waals surface area contributed by atoms with Crippen molar-refractivity contribution in [3.63, 3.8) is 0 Å². The number of carbonyl (C=O) groups is 3. The molecule has 0 aliphatic carbocycles. The van der Waals surface area contributed by atoms with Crippen LogP contribution < -0.4 is 10.6 Å². The third kappa shape index (κ3) is 9.04. The Hall–Kier alpha value is -1.50. The van der Waals surface area contributed by atoms with Crippen LogP contribution in [0.15, 0.2) is 22.5 Å². The van der Waals surface area contributed by atoms with Gasteiger partial charge in [0.2, 0.25) is 11.8 Å². The summed E-state index contributed by atoms with van der Waals surface area (Å²) in [5.41, 5.74) is -0.309. The summed E-state index contributed by atoms with van der Waals surface area (Å²) in [6.45, 7) is 12.3. The van der Waals surface area contributed by atoms with E-state index in [1.807, 2.05) is 36.1 Å². The number of esters is 1. The lowest BCUT2D eigenvalue weighted by atomic mass is 10.0. The van der Waals surface area contributed by atoms with Gasteiger partial charge in [-0.15, -0.1) is 23.1 Å². The average molecular weight is 585 g/mol. The fourth-order valence-electron chi connectivity index (χ4n) is 3.41. The van der Waals surface area contributed by atoms with Gasteiger partial charge in [-0.1, -0.05) is 62.3 Å². The summed E-state index contributed by atoms with van der Waals surface area (Å²) in [6.07, 6.45) is 3.75. The average Bonchev–Trinajstić information content (AvgIpc) is 3.44. The highest BCUT2D eigenvalue weighted by molar-refractivity contribution is 8.77. The van der Waals surface area contributed by atoms with Crippen molar-refractivity contribution in [2.45, 2.75) is 83.4 Å². The Morgan fingerprint density at radius 2 is 2.05 bits per heavy atom. The van der Waals surface area contributed by atoms with Crippen LogP contribution in [0, 0.1) is 5.92 Å². The molecule has 12 heteroatoms. The van der Waals surface area contributed by atoms with E-state index >= 15 is 0 Å². The predicted octanol–water partition coefficient (Wildman–Crippen LogP) is 4.59. The molecule has 0 radical (unpaired) electrons.